The summed E-state index contributed by atoms with van der Waals surface area (Å²) in [5.74, 6) is 1.36. The van der Waals surface area contributed by atoms with Crippen LogP contribution in [-0.2, 0) is 0 Å². The molecule has 0 aliphatic carbocycles. The van der Waals surface area contributed by atoms with Crippen molar-refractivity contribution in [2.24, 2.45) is 17.6 Å². The first-order chi connectivity index (χ1) is 13.8. The van der Waals surface area contributed by atoms with E-state index in [1.54, 1.807) is 0 Å². The van der Waals surface area contributed by atoms with E-state index in [0.717, 1.165) is 38.4 Å². The molecule has 0 amide bonds. The molecule has 1 aromatic heterocycles. The van der Waals surface area contributed by atoms with Gasteiger partial charge in [0.25, 0.3) is 0 Å². The van der Waals surface area contributed by atoms with Crippen LogP contribution in [0.25, 0.3) is 10.1 Å². The van der Waals surface area contributed by atoms with Gasteiger partial charge in [-0.3, -0.25) is 4.90 Å². The molecule has 1 fully saturated rings. The third kappa shape index (κ3) is 5.34. The van der Waals surface area contributed by atoms with E-state index in [9.17, 15) is 0 Å². The number of thiophene rings is 1. The van der Waals surface area contributed by atoms with Gasteiger partial charge in [-0.1, -0.05) is 26.8 Å². The third-order valence-electron chi connectivity index (χ3n) is 7.42. The van der Waals surface area contributed by atoms with Crippen LogP contribution in [0.4, 0.5) is 5.69 Å². The van der Waals surface area contributed by atoms with Gasteiger partial charge in [-0.2, -0.15) is 0 Å². The molecule has 2 heterocycles. The molecule has 4 heteroatoms. The molecule has 1 aliphatic heterocycles. The maximum absolute atomic E-state index is 6.13. The van der Waals surface area contributed by atoms with Crippen molar-refractivity contribution in [2.75, 3.05) is 31.1 Å². The van der Waals surface area contributed by atoms with Gasteiger partial charge in [0.1, 0.15) is 0 Å². The summed E-state index contributed by atoms with van der Waals surface area (Å²) in [6.45, 7) is 16.5. The lowest BCUT2D eigenvalue weighted by Gasteiger charge is -2.41. The van der Waals surface area contributed by atoms with E-state index < -0.39 is 0 Å². The van der Waals surface area contributed by atoms with Crippen LogP contribution in [0.1, 0.15) is 60.3 Å². The highest BCUT2D eigenvalue weighted by atomic mass is 32.1. The average Bonchev–Trinajstić information content (AvgIpc) is 3.15. The minimum absolute atomic E-state index is 0.219. The van der Waals surface area contributed by atoms with Crippen molar-refractivity contribution in [3.05, 3.63) is 29.6 Å². The fourth-order valence-corrected chi connectivity index (χ4v) is 5.39. The van der Waals surface area contributed by atoms with Gasteiger partial charge in [0.2, 0.25) is 0 Å². The Bertz CT molecular complexity index is 768. The highest BCUT2D eigenvalue weighted by Crippen LogP contribution is 2.35. The Morgan fingerprint density at radius 1 is 1.17 bits per heavy atom. The molecular weight excluding hydrogens is 374 g/mol. The largest absolute Gasteiger partial charge is 0.369 e. The fraction of sp³-hybridized carbons (Fsp3) is 0.680. The summed E-state index contributed by atoms with van der Waals surface area (Å²) >= 11 is 1.85. The summed E-state index contributed by atoms with van der Waals surface area (Å²) in [5.41, 5.74) is 7.76. The number of rotatable bonds is 8. The predicted molar refractivity (Wildman–Crippen MR) is 130 cm³/mol. The van der Waals surface area contributed by atoms with Crippen molar-refractivity contribution >= 4 is 27.1 Å². The second-order valence-electron chi connectivity index (χ2n) is 9.74. The second-order valence-corrected chi connectivity index (χ2v) is 10.7. The van der Waals surface area contributed by atoms with Crippen molar-refractivity contribution in [3.8, 4) is 0 Å². The molecular formula is C25H41N3S. The summed E-state index contributed by atoms with van der Waals surface area (Å²) < 4.78 is 1.40. The number of hydrogen-bond donors (Lipinski definition) is 1. The van der Waals surface area contributed by atoms with E-state index in [0.29, 0.717) is 12.0 Å². The number of fused-ring (bicyclic) bond motifs is 1. The van der Waals surface area contributed by atoms with Crippen LogP contribution in [0.15, 0.2) is 29.6 Å². The van der Waals surface area contributed by atoms with E-state index in [1.165, 1.54) is 35.2 Å². The number of hydrogen-bond acceptors (Lipinski definition) is 4. The highest BCUT2D eigenvalue weighted by molar-refractivity contribution is 7.17. The van der Waals surface area contributed by atoms with Crippen molar-refractivity contribution < 1.29 is 0 Å². The highest BCUT2D eigenvalue weighted by Gasteiger charge is 2.36. The number of nitrogens with two attached hydrogens (primary N) is 1. The molecule has 1 aliphatic rings. The minimum Gasteiger partial charge on any atom is -0.369 e. The van der Waals surface area contributed by atoms with Crippen molar-refractivity contribution in [1.29, 1.82) is 0 Å². The molecule has 0 saturated carbocycles. The zero-order chi connectivity index (χ0) is 21.0. The van der Waals surface area contributed by atoms with Gasteiger partial charge in [-0.05, 0) is 81.5 Å². The maximum atomic E-state index is 6.13. The Morgan fingerprint density at radius 3 is 2.72 bits per heavy atom. The lowest BCUT2D eigenvalue weighted by molar-refractivity contribution is 0.0820. The smallest absolute Gasteiger partial charge is 0.0454 e. The summed E-state index contributed by atoms with van der Waals surface area (Å²) in [4.78, 5) is 5.38. The molecule has 0 spiro atoms. The molecule has 29 heavy (non-hydrogen) atoms. The van der Waals surface area contributed by atoms with Crippen LogP contribution in [0.2, 0.25) is 0 Å². The first kappa shape index (κ1) is 22.6. The molecule has 3 atom stereocenters. The maximum Gasteiger partial charge on any atom is 0.0454 e. The Morgan fingerprint density at radius 2 is 1.97 bits per heavy atom. The zero-order valence-corrected chi connectivity index (χ0v) is 20.0. The quantitative estimate of drug-likeness (QED) is 0.575. The van der Waals surface area contributed by atoms with Crippen molar-refractivity contribution in [2.45, 2.75) is 71.9 Å². The van der Waals surface area contributed by atoms with Crippen LogP contribution in [-0.4, -0.2) is 42.7 Å². The van der Waals surface area contributed by atoms with E-state index >= 15 is 0 Å². The Balaban J connectivity index is 1.66. The standard InChI is InChI=1S/C25H41N3S/c1-6-21(26)11-10-19(2)12-14-28-16-15-27(18-20(3)25(28,4)5)23-8-7-9-24-22(23)13-17-29-24/h7-9,13,17,19-21H,6,10-12,14-16,18,26H2,1-5H3/t19-,20?,21?/m1/s1. The topological polar surface area (TPSA) is 32.5 Å². The number of nitrogens with zero attached hydrogens (tertiary/aromatic N) is 2. The van der Waals surface area contributed by atoms with Gasteiger partial charge >= 0.3 is 0 Å². The SMILES string of the molecule is CCC(N)CC[C@@H](C)CCN1CCN(c2cccc3sccc23)CC(C)C1(C)C. The van der Waals surface area contributed by atoms with E-state index in [4.69, 9.17) is 5.73 Å². The van der Waals surface area contributed by atoms with E-state index in [2.05, 4.69) is 74.1 Å². The lowest BCUT2D eigenvalue weighted by atomic mass is 9.86. The molecule has 2 N–H and O–H groups in total. The van der Waals surface area contributed by atoms with E-state index in [1.807, 2.05) is 11.3 Å². The van der Waals surface area contributed by atoms with Crippen molar-refractivity contribution in [3.63, 3.8) is 0 Å². The van der Waals surface area contributed by atoms with Gasteiger partial charge in [0.15, 0.2) is 0 Å². The van der Waals surface area contributed by atoms with Crippen LogP contribution in [0.5, 0.6) is 0 Å². The molecule has 1 saturated heterocycles. The summed E-state index contributed by atoms with van der Waals surface area (Å²) in [6.07, 6.45) is 4.78. The van der Waals surface area contributed by atoms with Crippen LogP contribution in [0.3, 0.4) is 0 Å². The summed E-state index contributed by atoms with van der Waals surface area (Å²) in [7, 11) is 0. The number of anilines is 1. The summed E-state index contributed by atoms with van der Waals surface area (Å²) in [5, 5.41) is 3.63. The molecule has 162 valence electrons. The normalized spacial score (nSPS) is 22.6. The van der Waals surface area contributed by atoms with Crippen molar-refractivity contribution in [1.82, 2.24) is 4.90 Å². The van der Waals surface area contributed by atoms with Crippen LogP contribution < -0.4 is 10.6 Å². The molecule has 2 aromatic rings. The first-order valence-corrected chi connectivity index (χ1v) is 12.4. The molecule has 3 nitrogen and oxygen atoms in total. The van der Waals surface area contributed by atoms with Gasteiger partial charge in [-0.25, -0.2) is 0 Å². The molecule has 1 aromatic carbocycles. The monoisotopic (exact) mass is 415 g/mol. The van der Waals surface area contributed by atoms with Gasteiger partial charge in [-0.15, -0.1) is 11.3 Å². The van der Waals surface area contributed by atoms with Gasteiger partial charge in [0, 0.05) is 47.0 Å². The summed E-state index contributed by atoms with van der Waals surface area (Å²) in [6, 6.07) is 9.43. The molecule has 0 bridgehead atoms. The molecule has 2 unspecified atom stereocenters. The second kappa shape index (κ2) is 9.80. The Kier molecular flexibility index (Phi) is 7.63. The molecule has 0 radical (unpaired) electrons. The number of benzene rings is 1. The Hall–Kier alpha value is -1.10. The lowest BCUT2D eigenvalue weighted by Crippen LogP contribution is -2.49. The van der Waals surface area contributed by atoms with Crippen LogP contribution >= 0.6 is 11.3 Å². The van der Waals surface area contributed by atoms with Gasteiger partial charge < -0.3 is 10.6 Å². The average molecular weight is 416 g/mol. The third-order valence-corrected chi connectivity index (χ3v) is 8.30. The van der Waals surface area contributed by atoms with Gasteiger partial charge in [0.05, 0.1) is 0 Å². The first-order valence-electron chi connectivity index (χ1n) is 11.5. The Labute approximate surface area is 182 Å². The van der Waals surface area contributed by atoms with Crippen LogP contribution in [0, 0.1) is 11.8 Å². The zero-order valence-electron chi connectivity index (χ0n) is 19.2. The predicted octanol–water partition coefficient (Wildman–Crippen LogP) is 5.98. The fourth-order valence-electron chi connectivity index (χ4n) is 4.58. The van der Waals surface area contributed by atoms with E-state index in [-0.39, 0.29) is 5.54 Å². The minimum atomic E-state index is 0.219. The molecule has 3 rings (SSSR count).